The maximum absolute atomic E-state index is 9.52. The van der Waals surface area contributed by atoms with Crippen LogP contribution in [0.15, 0.2) is 42.5 Å². The molecule has 0 aliphatic heterocycles. The highest BCUT2D eigenvalue weighted by atomic mass is 16.3. The van der Waals surface area contributed by atoms with Gasteiger partial charge in [-0.15, -0.1) is 0 Å². The van der Waals surface area contributed by atoms with Crippen molar-refractivity contribution < 1.29 is 5.11 Å². The van der Waals surface area contributed by atoms with Gasteiger partial charge in [-0.3, -0.25) is 0 Å². The van der Waals surface area contributed by atoms with Crippen LogP contribution in [0.5, 0.6) is 0 Å². The molecule has 94 valence electrons. The van der Waals surface area contributed by atoms with E-state index in [2.05, 4.69) is 47.8 Å². The van der Waals surface area contributed by atoms with Gasteiger partial charge in [0.1, 0.15) is 0 Å². The van der Waals surface area contributed by atoms with Gasteiger partial charge in [0.25, 0.3) is 0 Å². The predicted molar refractivity (Wildman–Crippen MR) is 74.5 cm³/mol. The fraction of sp³-hybridized carbons (Fsp3) is 0.375. The Bertz CT molecular complexity index is 533. The molecule has 1 aliphatic rings. The van der Waals surface area contributed by atoms with Crippen molar-refractivity contribution >= 4 is 10.8 Å². The molecule has 0 radical (unpaired) electrons. The maximum Gasteiger partial charge on any atom is 0.0626 e. The van der Waals surface area contributed by atoms with Crippen molar-refractivity contribution in [2.45, 2.75) is 18.9 Å². The number of nitrogens with one attached hydrogen (secondary N) is 1. The van der Waals surface area contributed by atoms with E-state index in [4.69, 9.17) is 0 Å². The standard InChI is InChI=1S/C16H19NO/c18-11-16(17-10-12-5-6-12)15-8-7-13-3-1-2-4-14(13)9-15/h1-4,7-9,12,16-18H,5-6,10-11H2. The second-order valence-electron chi connectivity index (χ2n) is 5.19. The smallest absolute Gasteiger partial charge is 0.0626 e. The monoisotopic (exact) mass is 241 g/mol. The zero-order valence-electron chi connectivity index (χ0n) is 10.5. The Morgan fingerprint density at radius 1 is 1.11 bits per heavy atom. The molecular formula is C16H19NO. The first-order valence-corrected chi connectivity index (χ1v) is 6.70. The Morgan fingerprint density at radius 3 is 2.61 bits per heavy atom. The van der Waals surface area contributed by atoms with Crippen LogP contribution in [0.2, 0.25) is 0 Å². The topological polar surface area (TPSA) is 32.3 Å². The summed E-state index contributed by atoms with van der Waals surface area (Å²) in [4.78, 5) is 0. The molecule has 1 saturated carbocycles. The van der Waals surface area contributed by atoms with Gasteiger partial charge in [0.15, 0.2) is 0 Å². The number of hydrogen-bond acceptors (Lipinski definition) is 2. The van der Waals surface area contributed by atoms with Gasteiger partial charge in [0.05, 0.1) is 12.6 Å². The van der Waals surface area contributed by atoms with Crippen molar-refractivity contribution in [1.82, 2.24) is 5.32 Å². The van der Waals surface area contributed by atoms with Gasteiger partial charge in [0.2, 0.25) is 0 Å². The minimum atomic E-state index is 0.0650. The molecular weight excluding hydrogens is 222 g/mol. The van der Waals surface area contributed by atoms with Crippen molar-refractivity contribution in [3.8, 4) is 0 Å². The molecule has 1 fully saturated rings. The van der Waals surface area contributed by atoms with E-state index in [1.165, 1.54) is 29.2 Å². The Hall–Kier alpha value is -1.38. The fourth-order valence-electron chi connectivity index (χ4n) is 2.34. The number of hydrogen-bond donors (Lipinski definition) is 2. The molecule has 2 nitrogen and oxygen atoms in total. The lowest BCUT2D eigenvalue weighted by Gasteiger charge is -2.17. The molecule has 0 saturated heterocycles. The molecule has 18 heavy (non-hydrogen) atoms. The zero-order valence-corrected chi connectivity index (χ0v) is 10.5. The molecule has 2 heteroatoms. The molecule has 0 aromatic heterocycles. The third kappa shape index (κ3) is 2.55. The van der Waals surface area contributed by atoms with E-state index in [1.54, 1.807) is 0 Å². The first kappa shape index (κ1) is 11.7. The average molecular weight is 241 g/mol. The van der Waals surface area contributed by atoms with Crippen molar-refractivity contribution in [1.29, 1.82) is 0 Å². The van der Waals surface area contributed by atoms with Crippen molar-refractivity contribution in [3.05, 3.63) is 48.0 Å². The van der Waals surface area contributed by atoms with Crippen LogP contribution in [0, 0.1) is 5.92 Å². The van der Waals surface area contributed by atoms with E-state index < -0.39 is 0 Å². The van der Waals surface area contributed by atoms with Crippen molar-refractivity contribution in [2.24, 2.45) is 5.92 Å². The second kappa shape index (κ2) is 5.09. The van der Waals surface area contributed by atoms with Crippen LogP contribution >= 0.6 is 0 Å². The van der Waals surface area contributed by atoms with Gasteiger partial charge in [-0.25, -0.2) is 0 Å². The molecule has 1 aliphatic carbocycles. The zero-order chi connectivity index (χ0) is 12.4. The lowest BCUT2D eigenvalue weighted by Crippen LogP contribution is -2.26. The molecule has 0 amide bonds. The van der Waals surface area contributed by atoms with Gasteiger partial charge in [-0.1, -0.05) is 36.4 Å². The van der Waals surface area contributed by atoms with Gasteiger partial charge >= 0.3 is 0 Å². The maximum atomic E-state index is 9.52. The number of rotatable bonds is 5. The molecule has 0 bridgehead atoms. The largest absolute Gasteiger partial charge is 0.394 e. The molecule has 2 aromatic rings. The lowest BCUT2D eigenvalue weighted by molar-refractivity contribution is 0.243. The van der Waals surface area contributed by atoms with E-state index in [0.29, 0.717) is 0 Å². The first-order chi connectivity index (χ1) is 8.86. The molecule has 2 aromatic carbocycles. The summed E-state index contributed by atoms with van der Waals surface area (Å²) in [7, 11) is 0. The first-order valence-electron chi connectivity index (χ1n) is 6.70. The minimum absolute atomic E-state index is 0.0650. The molecule has 3 rings (SSSR count). The summed E-state index contributed by atoms with van der Waals surface area (Å²) in [6, 6.07) is 14.8. The highest BCUT2D eigenvalue weighted by molar-refractivity contribution is 5.83. The Balaban J connectivity index is 1.81. The summed E-state index contributed by atoms with van der Waals surface area (Å²) < 4.78 is 0. The number of aliphatic hydroxyl groups excluding tert-OH is 1. The SMILES string of the molecule is OCC(NCC1CC1)c1ccc2ccccc2c1. The van der Waals surface area contributed by atoms with Crippen LogP contribution in [-0.4, -0.2) is 18.3 Å². The van der Waals surface area contributed by atoms with Crippen LogP contribution < -0.4 is 5.32 Å². The molecule has 2 N–H and O–H groups in total. The van der Waals surface area contributed by atoms with Crippen LogP contribution in [0.1, 0.15) is 24.4 Å². The van der Waals surface area contributed by atoms with E-state index in [0.717, 1.165) is 12.5 Å². The van der Waals surface area contributed by atoms with Gasteiger partial charge in [-0.05, 0) is 47.7 Å². The van der Waals surface area contributed by atoms with E-state index >= 15 is 0 Å². The van der Waals surface area contributed by atoms with Crippen LogP contribution in [0.4, 0.5) is 0 Å². The molecule has 0 spiro atoms. The van der Waals surface area contributed by atoms with E-state index in [-0.39, 0.29) is 12.6 Å². The summed E-state index contributed by atoms with van der Waals surface area (Å²) in [6.07, 6.45) is 2.67. The Morgan fingerprint density at radius 2 is 1.89 bits per heavy atom. The van der Waals surface area contributed by atoms with Gasteiger partial charge in [-0.2, -0.15) is 0 Å². The highest BCUT2D eigenvalue weighted by Crippen LogP contribution is 2.29. The third-order valence-corrected chi connectivity index (χ3v) is 3.71. The third-order valence-electron chi connectivity index (χ3n) is 3.71. The van der Waals surface area contributed by atoms with Crippen LogP contribution in [-0.2, 0) is 0 Å². The summed E-state index contributed by atoms with van der Waals surface area (Å²) >= 11 is 0. The quantitative estimate of drug-likeness (QED) is 0.843. The summed E-state index contributed by atoms with van der Waals surface area (Å²) in [5.74, 6) is 0.833. The summed E-state index contributed by atoms with van der Waals surface area (Å²) in [6.45, 7) is 1.18. The minimum Gasteiger partial charge on any atom is -0.394 e. The van der Waals surface area contributed by atoms with Crippen molar-refractivity contribution in [2.75, 3.05) is 13.2 Å². The Kier molecular flexibility index (Phi) is 3.31. The molecule has 0 heterocycles. The highest BCUT2D eigenvalue weighted by Gasteiger charge is 2.22. The lowest BCUT2D eigenvalue weighted by atomic mass is 10.0. The Labute approximate surface area is 108 Å². The number of benzene rings is 2. The van der Waals surface area contributed by atoms with Crippen LogP contribution in [0.3, 0.4) is 0 Å². The summed E-state index contributed by atoms with van der Waals surface area (Å²) in [5, 5.41) is 15.5. The van der Waals surface area contributed by atoms with Gasteiger partial charge in [0, 0.05) is 0 Å². The van der Waals surface area contributed by atoms with Crippen molar-refractivity contribution in [3.63, 3.8) is 0 Å². The number of fused-ring (bicyclic) bond motifs is 1. The normalized spacial score (nSPS) is 16.9. The second-order valence-corrected chi connectivity index (χ2v) is 5.19. The average Bonchev–Trinajstić information content (AvgIpc) is 3.23. The molecule has 1 atom stereocenters. The predicted octanol–water partition coefficient (Wildman–Crippen LogP) is 2.87. The van der Waals surface area contributed by atoms with Gasteiger partial charge < -0.3 is 10.4 Å². The van der Waals surface area contributed by atoms with Crippen LogP contribution in [0.25, 0.3) is 10.8 Å². The van der Waals surface area contributed by atoms with E-state index in [9.17, 15) is 5.11 Å². The summed E-state index contributed by atoms with van der Waals surface area (Å²) in [5.41, 5.74) is 1.18. The fourth-order valence-corrected chi connectivity index (χ4v) is 2.34. The number of aliphatic hydroxyl groups is 1. The molecule has 1 unspecified atom stereocenters. The van der Waals surface area contributed by atoms with E-state index in [1.807, 2.05) is 0 Å².